The number of halogens is 1. The van der Waals surface area contributed by atoms with Gasteiger partial charge in [0.05, 0.1) is 0 Å². The first-order valence-corrected chi connectivity index (χ1v) is 4.29. The smallest absolute Gasteiger partial charge is 0.320 e. The van der Waals surface area contributed by atoms with Crippen LogP contribution in [0, 0.1) is 5.82 Å². The quantitative estimate of drug-likeness (QED) is 0.518. The predicted octanol–water partition coefficient (Wildman–Crippen LogP) is 1.31. The normalized spacial score (nSPS) is 17.1. The van der Waals surface area contributed by atoms with Crippen molar-refractivity contribution in [1.29, 1.82) is 0 Å². The molecule has 0 aliphatic carbocycles. The number of hydrogen-bond donors (Lipinski definition) is 0. The van der Waals surface area contributed by atoms with Gasteiger partial charge in [-0.05, 0) is 12.1 Å². The third-order valence-corrected chi connectivity index (χ3v) is 1.89. The van der Waals surface area contributed by atoms with Gasteiger partial charge in [-0.2, -0.15) is 0 Å². The highest BCUT2D eigenvalue weighted by Crippen LogP contribution is 2.24. The zero-order valence-corrected chi connectivity index (χ0v) is 7.60. The molecule has 1 fully saturated rings. The fourth-order valence-corrected chi connectivity index (χ4v) is 1.25. The van der Waals surface area contributed by atoms with E-state index in [2.05, 4.69) is 0 Å². The summed E-state index contributed by atoms with van der Waals surface area (Å²) in [6.07, 6.45) is -1.53. The summed E-state index contributed by atoms with van der Waals surface area (Å²) >= 11 is 0. The number of carbonyl (C=O) groups excluding carboxylic acids is 2. The third kappa shape index (κ3) is 2.12. The van der Waals surface area contributed by atoms with Crippen LogP contribution >= 0.6 is 0 Å². The van der Waals surface area contributed by atoms with Crippen LogP contribution in [-0.2, 0) is 19.1 Å². The van der Waals surface area contributed by atoms with Gasteiger partial charge in [0.15, 0.2) is 0 Å². The molecule has 0 bridgehead atoms. The lowest BCUT2D eigenvalue weighted by atomic mass is 10.2. The van der Waals surface area contributed by atoms with Crippen LogP contribution in [0.1, 0.15) is 18.3 Å². The molecule has 0 unspecified atom stereocenters. The van der Waals surface area contributed by atoms with Crippen LogP contribution < -0.4 is 0 Å². The topological polar surface area (TPSA) is 52.6 Å². The average molecular weight is 210 g/mol. The molecule has 0 saturated carbocycles. The summed E-state index contributed by atoms with van der Waals surface area (Å²) in [5.74, 6) is -1.81. The van der Waals surface area contributed by atoms with Gasteiger partial charge in [-0.15, -0.1) is 0 Å². The molecule has 0 N–H and O–H groups in total. The number of ether oxygens (including phenoxy) is 2. The van der Waals surface area contributed by atoms with E-state index < -0.39 is 30.5 Å². The average Bonchev–Trinajstić information content (AvgIpc) is 2.16. The van der Waals surface area contributed by atoms with Crippen LogP contribution in [0.5, 0.6) is 0 Å². The number of carbonyl (C=O) groups is 2. The number of rotatable bonds is 1. The summed E-state index contributed by atoms with van der Waals surface area (Å²) in [5, 5.41) is 0. The number of cyclic esters (lactones) is 2. The molecule has 1 aromatic rings. The Balaban J connectivity index is 2.23. The summed E-state index contributed by atoms with van der Waals surface area (Å²) < 4.78 is 22.3. The van der Waals surface area contributed by atoms with Gasteiger partial charge < -0.3 is 9.47 Å². The van der Waals surface area contributed by atoms with E-state index in [4.69, 9.17) is 9.47 Å². The summed E-state index contributed by atoms with van der Waals surface area (Å²) in [7, 11) is 0. The van der Waals surface area contributed by atoms with Crippen molar-refractivity contribution in [2.45, 2.75) is 12.7 Å². The first-order valence-electron chi connectivity index (χ1n) is 4.29. The minimum atomic E-state index is -1.13. The second kappa shape index (κ2) is 3.68. The molecule has 0 aromatic heterocycles. The lowest BCUT2D eigenvalue weighted by Crippen LogP contribution is -2.26. The Morgan fingerprint density at radius 2 is 1.87 bits per heavy atom. The van der Waals surface area contributed by atoms with Crippen LogP contribution in [0.4, 0.5) is 4.39 Å². The maximum atomic E-state index is 12.8. The van der Waals surface area contributed by atoms with Crippen molar-refractivity contribution in [3.63, 3.8) is 0 Å². The third-order valence-electron chi connectivity index (χ3n) is 1.89. The molecule has 0 amide bonds. The molecule has 0 radical (unpaired) electrons. The van der Waals surface area contributed by atoms with Crippen LogP contribution in [0.3, 0.4) is 0 Å². The van der Waals surface area contributed by atoms with Gasteiger partial charge in [-0.3, -0.25) is 9.59 Å². The molecule has 1 saturated heterocycles. The number of benzene rings is 1. The maximum Gasteiger partial charge on any atom is 0.320 e. The Morgan fingerprint density at radius 3 is 2.47 bits per heavy atom. The zero-order chi connectivity index (χ0) is 10.8. The van der Waals surface area contributed by atoms with Crippen LogP contribution in [0.2, 0.25) is 0 Å². The van der Waals surface area contributed by atoms with Crippen LogP contribution in [0.15, 0.2) is 24.3 Å². The van der Waals surface area contributed by atoms with Gasteiger partial charge >= 0.3 is 11.9 Å². The highest BCUT2D eigenvalue weighted by Gasteiger charge is 2.29. The number of esters is 2. The Hall–Kier alpha value is -1.91. The van der Waals surface area contributed by atoms with E-state index in [1.54, 1.807) is 0 Å². The molecule has 2 rings (SSSR count). The molecule has 0 spiro atoms. The molecule has 78 valence electrons. The van der Waals surface area contributed by atoms with Gasteiger partial charge in [-0.25, -0.2) is 4.39 Å². The Morgan fingerprint density at radius 1 is 1.20 bits per heavy atom. The van der Waals surface area contributed by atoms with Crippen molar-refractivity contribution >= 4 is 11.9 Å². The molecule has 1 aliphatic rings. The molecule has 5 heteroatoms. The molecule has 0 atom stereocenters. The van der Waals surface area contributed by atoms with Gasteiger partial charge in [0.2, 0.25) is 0 Å². The Labute approximate surface area is 84.6 Å². The zero-order valence-electron chi connectivity index (χ0n) is 7.60. The molecule has 1 aromatic carbocycles. The van der Waals surface area contributed by atoms with Crippen molar-refractivity contribution in [1.82, 2.24) is 0 Å². The second-order valence-corrected chi connectivity index (χ2v) is 3.04. The van der Waals surface area contributed by atoms with Crippen molar-refractivity contribution in [2.75, 3.05) is 0 Å². The highest BCUT2D eigenvalue weighted by molar-refractivity contribution is 5.92. The van der Waals surface area contributed by atoms with E-state index in [1.807, 2.05) is 0 Å². The van der Waals surface area contributed by atoms with E-state index in [9.17, 15) is 14.0 Å². The minimum Gasteiger partial charge on any atom is -0.420 e. The van der Waals surface area contributed by atoms with Gasteiger partial charge in [0.25, 0.3) is 6.29 Å². The Kier molecular flexibility index (Phi) is 2.37. The van der Waals surface area contributed by atoms with E-state index in [1.165, 1.54) is 18.2 Å². The Bertz CT molecular complexity index is 400. The molecule has 1 aliphatic heterocycles. The standard InChI is InChI=1S/C10H7FO4/c11-7-3-1-2-6(4-7)10-14-8(12)5-9(13)15-10/h1-4,10H,5H2. The molecule has 15 heavy (non-hydrogen) atoms. The van der Waals surface area contributed by atoms with Crippen LogP contribution in [0.25, 0.3) is 0 Å². The summed E-state index contributed by atoms with van der Waals surface area (Å²) in [5.41, 5.74) is 0.302. The van der Waals surface area contributed by atoms with E-state index >= 15 is 0 Å². The van der Waals surface area contributed by atoms with Gasteiger partial charge in [0.1, 0.15) is 12.2 Å². The van der Waals surface area contributed by atoms with Crippen molar-refractivity contribution < 1.29 is 23.5 Å². The van der Waals surface area contributed by atoms with Crippen molar-refractivity contribution in [2.24, 2.45) is 0 Å². The monoisotopic (exact) mass is 210 g/mol. The predicted molar refractivity (Wildman–Crippen MR) is 45.9 cm³/mol. The fourth-order valence-electron chi connectivity index (χ4n) is 1.25. The molecular formula is C10H7FO4. The van der Waals surface area contributed by atoms with E-state index in [0.29, 0.717) is 5.56 Å². The minimum absolute atomic E-state index is 0.302. The van der Waals surface area contributed by atoms with Gasteiger partial charge in [-0.1, -0.05) is 12.1 Å². The lowest BCUT2D eigenvalue weighted by molar-refractivity contribution is -0.205. The summed E-state index contributed by atoms with van der Waals surface area (Å²) in [4.78, 5) is 21.9. The van der Waals surface area contributed by atoms with Crippen molar-refractivity contribution in [3.05, 3.63) is 35.6 Å². The van der Waals surface area contributed by atoms with Crippen LogP contribution in [-0.4, -0.2) is 11.9 Å². The van der Waals surface area contributed by atoms with Gasteiger partial charge in [0, 0.05) is 5.56 Å². The molecule has 4 nitrogen and oxygen atoms in total. The molecular weight excluding hydrogens is 203 g/mol. The largest absolute Gasteiger partial charge is 0.420 e. The maximum absolute atomic E-state index is 12.8. The van der Waals surface area contributed by atoms with E-state index in [-0.39, 0.29) is 0 Å². The fraction of sp³-hybridized carbons (Fsp3) is 0.200. The summed E-state index contributed by atoms with van der Waals surface area (Å²) in [6.45, 7) is 0. The first-order chi connectivity index (χ1) is 7.15. The SMILES string of the molecule is O=C1CC(=O)OC(c2cccc(F)c2)O1. The lowest BCUT2D eigenvalue weighted by Gasteiger charge is -2.22. The number of hydrogen-bond acceptors (Lipinski definition) is 4. The molecule has 1 heterocycles. The first kappa shape index (κ1) is 9.64. The van der Waals surface area contributed by atoms with Crippen molar-refractivity contribution in [3.8, 4) is 0 Å². The highest BCUT2D eigenvalue weighted by atomic mass is 19.1. The second-order valence-electron chi connectivity index (χ2n) is 3.04. The summed E-state index contributed by atoms with van der Waals surface area (Å²) in [6, 6.07) is 5.35. The van der Waals surface area contributed by atoms with E-state index in [0.717, 1.165) is 6.07 Å².